The van der Waals surface area contributed by atoms with Gasteiger partial charge < -0.3 is 10.1 Å². The van der Waals surface area contributed by atoms with Gasteiger partial charge in [-0.1, -0.05) is 32.9 Å². The number of ether oxygens (including phenoxy) is 1. The summed E-state index contributed by atoms with van der Waals surface area (Å²) in [6, 6.07) is 9.07. The highest BCUT2D eigenvalue weighted by Gasteiger charge is 2.25. The Hall–Kier alpha value is -1.02. The number of rotatable bonds is 5. The molecule has 0 amide bonds. The molecule has 0 aromatic heterocycles. The standard InChI is InChI=1S/C18H29NO/c1-5-18(19-4)15-6-8-16(9-7-15)20-17-11-13(2)10-14(3)12-17/h6-9,13-14,17-19H,5,10-12H2,1-4H3. The van der Waals surface area contributed by atoms with Crippen molar-refractivity contribution >= 4 is 0 Å². The van der Waals surface area contributed by atoms with Gasteiger partial charge in [-0.3, -0.25) is 0 Å². The Labute approximate surface area is 123 Å². The van der Waals surface area contributed by atoms with Gasteiger partial charge in [-0.2, -0.15) is 0 Å². The van der Waals surface area contributed by atoms with Crippen molar-refractivity contribution in [3.05, 3.63) is 29.8 Å². The molecule has 2 nitrogen and oxygen atoms in total. The second kappa shape index (κ2) is 7.12. The summed E-state index contributed by atoms with van der Waals surface area (Å²) in [6.07, 6.45) is 5.24. The zero-order valence-electron chi connectivity index (χ0n) is 13.4. The Balaban J connectivity index is 1.96. The molecule has 3 unspecified atom stereocenters. The fourth-order valence-corrected chi connectivity index (χ4v) is 3.55. The van der Waals surface area contributed by atoms with Gasteiger partial charge in [0.1, 0.15) is 5.75 Å². The Morgan fingerprint density at radius 1 is 1.10 bits per heavy atom. The quantitative estimate of drug-likeness (QED) is 0.850. The first kappa shape index (κ1) is 15.4. The van der Waals surface area contributed by atoms with Crippen molar-refractivity contribution in [3.63, 3.8) is 0 Å². The van der Waals surface area contributed by atoms with Gasteiger partial charge >= 0.3 is 0 Å². The molecule has 1 aromatic carbocycles. The van der Waals surface area contributed by atoms with E-state index in [1.54, 1.807) is 0 Å². The van der Waals surface area contributed by atoms with E-state index in [-0.39, 0.29) is 0 Å². The van der Waals surface area contributed by atoms with E-state index in [1.807, 2.05) is 7.05 Å². The van der Waals surface area contributed by atoms with E-state index in [2.05, 4.69) is 50.4 Å². The van der Waals surface area contributed by atoms with E-state index >= 15 is 0 Å². The van der Waals surface area contributed by atoms with E-state index in [0.717, 1.165) is 24.0 Å². The first-order valence-corrected chi connectivity index (χ1v) is 8.06. The summed E-state index contributed by atoms with van der Waals surface area (Å²) in [6.45, 7) is 6.89. The van der Waals surface area contributed by atoms with Crippen LogP contribution in [0.4, 0.5) is 0 Å². The normalized spacial score (nSPS) is 28.1. The number of hydrogen-bond donors (Lipinski definition) is 1. The fourth-order valence-electron chi connectivity index (χ4n) is 3.55. The predicted molar refractivity (Wildman–Crippen MR) is 85.1 cm³/mol. The molecule has 0 bridgehead atoms. The van der Waals surface area contributed by atoms with E-state index in [0.29, 0.717) is 12.1 Å². The van der Waals surface area contributed by atoms with Crippen LogP contribution in [0.1, 0.15) is 58.1 Å². The van der Waals surface area contributed by atoms with Crippen LogP contribution in [0.5, 0.6) is 5.75 Å². The van der Waals surface area contributed by atoms with E-state index in [1.165, 1.54) is 24.8 Å². The van der Waals surface area contributed by atoms with Gasteiger partial charge in [-0.05, 0) is 62.3 Å². The highest BCUT2D eigenvalue weighted by molar-refractivity contribution is 5.29. The van der Waals surface area contributed by atoms with E-state index in [9.17, 15) is 0 Å². The Morgan fingerprint density at radius 2 is 1.70 bits per heavy atom. The van der Waals surface area contributed by atoms with Crippen molar-refractivity contribution in [2.75, 3.05) is 7.05 Å². The second-order valence-electron chi connectivity index (χ2n) is 6.48. The van der Waals surface area contributed by atoms with Gasteiger partial charge in [0.25, 0.3) is 0 Å². The second-order valence-corrected chi connectivity index (χ2v) is 6.48. The Bertz CT molecular complexity index is 386. The summed E-state index contributed by atoms with van der Waals surface area (Å²) in [4.78, 5) is 0. The molecule has 1 N–H and O–H groups in total. The number of nitrogens with one attached hydrogen (secondary N) is 1. The summed E-state index contributed by atoms with van der Waals surface area (Å²) in [5.41, 5.74) is 1.34. The van der Waals surface area contributed by atoms with Crippen LogP contribution < -0.4 is 10.1 Å². The zero-order valence-corrected chi connectivity index (χ0v) is 13.4. The predicted octanol–water partition coefficient (Wildman–Crippen LogP) is 4.56. The third-order valence-electron chi connectivity index (χ3n) is 4.48. The Kier molecular flexibility index (Phi) is 5.47. The minimum Gasteiger partial charge on any atom is -0.490 e. The van der Waals surface area contributed by atoms with Gasteiger partial charge in [0.05, 0.1) is 6.10 Å². The van der Waals surface area contributed by atoms with Crippen LogP contribution in [0.3, 0.4) is 0 Å². The molecule has 2 rings (SSSR count). The molecule has 112 valence electrons. The van der Waals surface area contributed by atoms with Crippen LogP contribution in [0, 0.1) is 11.8 Å². The lowest BCUT2D eigenvalue weighted by atomic mass is 9.82. The van der Waals surface area contributed by atoms with Crippen molar-refractivity contribution in [1.82, 2.24) is 5.32 Å². The monoisotopic (exact) mass is 275 g/mol. The van der Waals surface area contributed by atoms with Crippen molar-refractivity contribution in [3.8, 4) is 5.75 Å². The maximum absolute atomic E-state index is 6.18. The highest BCUT2D eigenvalue weighted by Crippen LogP contribution is 2.31. The molecule has 1 aliphatic rings. The topological polar surface area (TPSA) is 21.3 Å². The number of benzene rings is 1. The van der Waals surface area contributed by atoms with Crippen LogP contribution in [0.25, 0.3) is 0 Å². The van der Waals surface area contributed by atoms with Crippen LogP contribution in [-0.2, 0) is 0 Å². The van der Waals surface area contributed by atoms with Gasteiger partial charge in [0, 0.05) is 6.04 Å². The van der Waals surface area contributed by atoms with Crippen LogP contribution in [0.2, 0.25) is 0 Å². The highest BCUT2D eigenvalue weighted by atomic mass is 16.5. The molecule has 0 radical (unpaired) electrons. The molecule has 1 saturated carbocycles. The molecule has 0 saturated heterocycles. The summed E-state index contributed by atoms with van der Waals surface area (Å²) in [5, 5.41) is 3.34. The van der Waals surface area contributed by atoms with Crippen molar-refractivity contribution in [2.45, 2.75) is 58.6 Å². The van der Waals surface area contributed by atoms with Crippen molar-refractivity contribution in [1.29, 1.82) is 0 Å². The first-order valence-electron chi connectivity index (χ1n) is 8.06. The molecule has 1 aliphatic carbocycles. The van der Waals surface area contributed by atoms with Crippen LogP contribution >= 0.6 is 0 Å². The smallest absolute Gasteiger partial charge is 0.119 e. The molecule has 0 spiro atoms. The van der Waals surface area contributed by atoms with E-state index in [4.69, 9.17) is 4.74 Å². The molecule has 0 heterocycles. The van der Waals surface area contributed by atoms with Crippen LogP contribution in [0.15, 0.2) is 24.3 Å². The van der Waals surface area contributed by atoms with Gasteiger partial charge in [-0.25, -0.2) is 0 Å². The minimum atomic E-state index is 0.394. The van der Waals surface area contributed by atoms with Gasteiger partial charge in [0.2, 0.25) is 0 Å². The SMILES string of the molecule is CCC(NC)c1ccc(OC2CC(C)CC(C)C2)cc1. The summed E-state index contributed by atoms with van der Waals surface area (Å²) in [7, 11) is 2.02. The molecule has 1 aromatic rings. The van der Waals surface area contributed by atoms with Gasteiger partial charge in [0.15, 0.2) is 0 Å². The Morgan fingerprint density at radius 3 is 2.20 bits per heavy atom. The maximum atomic E-state index is 6.18. The molecule has 3 atom stereocenters. The lowest BCUT2D eigenvalue weighted by Crippen LogP contribution is -2.28. The zero-order chi connectivity index (χ0) is 14.5. The lowest BCUT2D eigenvalue weighted by Gasteiger charge is -2.31. The molecule has 2 heteroatoms. The molecule has 20 heavy (non-hydrogen) atoms. The van der Waals surface area contributed by atoms with Gasteiger partial charge in [-0.15, -0.1) is 0 Å². The van der Waals surface area contributed by atoms with Crippen molar-refractivity contribution in [2.24, 2.45) is 11.8 Å². The average molecular weight is 275 g/mol. The summed E-state index contributed by atoms with van der Waals surface area (Å²) >= 11 is 0. The first-order chi connectivity index (χ1) is 9.62. The summed E-state index contributed by atoms with van der Waals surface area (Å²) < 4.78 is 6.18. The molecular weight excluding hydrogens is 246 g/mol. The largest absolute Gasteiger partial charge is 0.490 e. The maximum Gasteiger partial charge on any atom is 0.119 e. The lowest BCUT2D eigenvalue weighted by molar-refractivity contribution is 0.101. The third-order valence-corrected chi connectivity index (χ3v) is 4.48. The van der Waals surface area contributed by atoms with Crippen LogP contribution in [-0.4, -0.2) is 13.2 Å². The average Bonchev–Trinajstić information content (AvgIpc) is 2.41. The minimum absolute atomic E-state index is 0.394. The summed E-state index contributed by atoms with van der Waals surface area (Å²) in [5.74, 6) is 2.60. The number of hydrogen-bond acceptors (Lipinski definition) is 2. The van der Waals surface area contributed by atoms with Crippen molar-refractivity contribution < 1.29 is 4.74 Å². The molecule has 1 fully saturated rings. The molecule has 0 aliphatic heterocycles. The fraction of sp³-hybridized carbons (Fsp3) is 0.667. The third kappa shape index (κ3) is 3.99. The molecular formula is C18H29NO. The van der Waals surface area contributed by atoms with E-state index < -0.39 is 0 Å².